The maximum atomic E-state index is 13.3. The van der Waals surface area contributed by atoms with E-state index in [0.29, 0.717) is 11.6 Å². The van der Waals surface area contributed by atoms with Gasteiger partial charge in [0.2, 0.25) is 0 Å². The molecule has 0 aliphatic rings. The zero-order valence-electron chi connectivity index (χ0n) is 11.0. The highest BCUT2D eigenvalue weighted by Gasteiger charge is 2.10. The highest BCUT2D eigenvalue weighted by molar-refractivity contribution is 5.25. The largest absolute Gasteiger partial charge is 0.326 e. The van der Waals surface area contributed by atoms with E-state index in [9.17, 15) is 4.39 Å². The summed E-state index contributed by atoms with van der Waals surface area (Å²) in [5.74, 6) is -0.206. The first-order chi connectivity index (χ1) is 8.08. The summed E-state index contributed by atoms with van der Waals surface area (Å²) in [6, 6.07) is 5.74. The number of benzene rings is 1. The lowest BCUT2D eigenvalue weighted by Gasteiger charge is -2.26. The third-order valence-electron chi connectivity index (χ3n) is 2.96. The summed E-state index contributed by atoms with van der Waals surface area (Å²) in [5, 5.41) is 0. The zero-order chi connectivity index (χ0) is 12.8. The number of hydrogen-bond acceptors (Lipinski definition) is 2. The molecule has 0 aliphatic heterocycles. The van der Waals surface area contributed by atoms with Gasteiger partial charge in [-0.05, 0) is 38.4 Å². The standard InChI is InChI=1S/C14H23FN2/c1-4-7-17(11(2)3)10-12-5-6-14(15)13(8-12)9-16/h5-6,8,11H,4,7,9-10,16H2,1-3H3. The van der Waals surface area contributed by atoms with Crippen LogP contribution in [0.15, 0.2) is 18.2 Å². The van der Waals surface area contributed by atoms with Gasteiger partial charge in [-0.2, -0.15) is 0 Å². The minimum absolute atomic E-state index is 0.206. The molecule has 2 N–H and O–H groups in total. The molecule has 0 saturated carbocycles. The molecule has 0 bridgehead atoms. The van der Waals surface area contributed by atoms with Crippen molar-refractivity contribution in [3.63, 3.8) is 0 Å². The molecule has 1 rings (SSSR count). The first-order valence-electron chi connectivity index (χ1n) is 6.29. The minimum atomic E-state index is -0.206. The van der Waals surface area contributed by atoms with E-state index >= 15 is 0 Å². The molecule has 0 aromatic heterocycles. The third-order valence-corrected chi connectivity index (χ3v) is 2.96. The molecule has 2 nitrogen and oxygen atoms in total. The number of hydrogen-bond donors (Lipinski definition) is 1. The Morgan fingerprint density at radius 2 is 2.06 bits per heavy atom. The maximum absolute atomic E-state index is 13.3. The van der Waals surface area contributed by atoms with Gasteiger partial charge in [0.05, 0.1) is 0 Å². The van der Waals surface area contributed by atoms with Gasteiger partial charge in [0.25, 0.3) is 0 Å². The molecule has 1 aromatic rings. The van der Waals surface area contributed by atoms with Crippen molar-refractivity contribution < 1.29 is 4.39 Å². The van der Waals surface area contributed by atoms with Crippen LogP contribution < -0.4 is 5.73 Å². The van der Waals surface area contributed by atoms with Crippen molar-refractivity contribution in [3.05, 3.63) is 35.1 Å². The van der Waals surface area contributed by atoms with Gasteiger partial charge in [0.1, 0.15) is 5.82 Å². The van der Waals surface area contributed by atoms with Crippen molar-refractivity contribution in [1.82, 2.24) is 4.90 Å². The van der Waals surface area contributed by atoms with Crippen LogP contribution in [0.3, 0.4) is 0 Å². The van der Waals surface area contributed by atoms with Gasteiger partial charge in [-0.15, -0.1) is 0 Å². The average molecular weight is 238 g/mol. The van der Waals surface area contributed by atoms with Crippen LogP contribution in [0.1, 0.15) is 38.3 Å². The molecule has 0 spiro atoms. The fourth-order valence-corrected chi connectivity index (χ4v) is 1.92. The summed E-state index contributed by atoms with van der Waals surface area (Å²) >= 11 is 0. The van der Waals surface area contributed by atoms with Crippen molar-refractivity contribution in [2.75, 3.05) is 6.54 Å². The van der Waals surface area contributed by atoms with E-state index in [1.54, 1.807) is 0 Å². The molecule has 0 atom stereocenters. The van der Waals surface area contributed by atoms with E-state index in [1.165, 1.54) is 6.07 Å². The smallest absolute Gasteiger partial charge is 0.127 e. The lowest BCUT2D eigenvalue weighted by molar-refractivity contribution is 0.213. The Bertz CT molecular complexity index is 350. The van der Waals surface area contributed by atoms with E-state index in [0.717, 1.165) is 25.1 Å². The van der Waals surface area contributed by atoms with Gasteiger partial charge < -0.3 is 5.73 Å². The predicted octanol–water partition coefficient (Wildman–Crippen LogP) is 2.90. The van der Waals surface area contributed by atoms with Crippen LogP contribution in [0.4, 0.5) is 4.39 Å². The second-order valence-electron chi connectivity index (χ2n) is 4.69. The summed E-state index contributed by atoms with van der Waals surface area (Å²) in [6.07, 6.45) is 1.13. The van der Waals surface area contributed by atoms with Crippen molar-refractivity contribution in [2.24, 2.45) is 5.73 Å². The van der Waals surface area contributed by atoms with Crippen molar-refractivity contribution in [3.8, 4) is 0 Å². The fourth-order valence-electron chi connectivity index (χ4n) is 1.92. The average Bonchev–Trinajstić information content (AvgIpc) is 2.30. The van der Waals surface area contributed by atoms with Gasteiger partial charge in [0, 0.05) is 24.7 Å². The Balaban J connectivity index is 2.78. The second-order valence-corrected chi connectivity index (χ2v) is 4.69. The van der Waals surface area contributed by atoms with Crippen molar-refractivity contribution >= 4 is 0 Å². The molecular weight excluding hydrogens is 215 g/mol. The Kier molecular flexibility index (Phi) is 5.59. The Morgan fingerprint density at radius 3 is 2.59 bits per heavy atom. The summed E-state index contributed by atoms with van der Waals surface area (Å²) in [6.45, 7) is 8.72. The normalized spacial score (nSPS) is 11.5. The molecule has 0 radical (unpaired) electrons. The van der Waals surface area contributed by atoms with Crippen LogP contribution in [-0.2, 0) is 13.1 Å². The summed E-state index contributed by atoms with van der Waals surface area (Å²) in [4.78, 5) is 2.38. The molecular formula is C14H23FN2. The minimum Gasteiger partial charge on any atom is -0.326 e. The zero-order valence-corrected chi connectivity index (χ0v) is 11.0. The highest BCUT2D eigenvalue weighted by Crippen LogP contribution is 2.13. The topological polar surface area (TPSA) is 29.3 Å². The fraction of sp³-hybridized carbons (Fsp3) is 0.571. The first-order valence-corrected chi connectivity index (χ1v) is 6.29. The quantitative estimate of drug-likeness (QED) is 0.825. The van der Waals surface area contributed by atoms with Gasteiger partial charge in [0.15, 0.2) is 0 Å². The summed E-state index contributed by atoms with van der Waals surface area (Å²) in [5.41, 5.74) is 7.25. The van der Waals surface area contributed by atoms with Crippen LogP contribution in [0.5, 0.6) is 0 Å². The lowest BCUT2D eigenvalue weighted by atomic mass is 10.1. The predicted molar refractivity (Wildman–Crippen MR) is 70.1 cm³/mol. The van der Waals surface area contributed by atoms with Gasteiger partial charge in [-0.3, -0.25) is 4.90 Å². The lowest BCUT2D eigenvalue weighted by Crippen LogP contribution is -2.31. The molecule has 0 aliphatic carbocycles. The summed E-state index contributed by atoms with van der Waals surface area (Å²) in [7, 11) is 0. The monoisotopic (exact) mass is 238 g/mol. The van der Waals surface area contributed by atoms with Gasteiger partial charge in [-0.1, -0.05) is 19.1 Å². The molecule has 96 valence electrons. The third kappa shape index (κ3) is 4.10. The molecule has 0 amide bonds. The van der Waals surface area contributed by atoms with E-state index in [1.807, 2.05) is 12.1 Å². The van der Waals surface area contributed by atoms with Crippen molar-refractivity contribution in [1.29, 1.82) is 0 Å². The van der Waals surface area contributed by atoms with Crippen LogP contribution in [0.2, 0.25) is 0 Å². The number of nitrogens with two attached hydrogens (primary N) is 1. The molecule has 0 heterocycles. The van der Waals surface area contributed by atoms with Crippen LogP contribution in [0.25, 0.3) is 0 Å². The van der Waals surface area contributed by atoms with E-state index in [2.05, 4.69) is 25.7 Å². The molecule has 3 heteroatoms. The summed E-state index contributed by atoms with van der Waals surface area (Å²) < 4.78 is 13.3. The molecule has 1 aromatic carbocycles. The number of halogens is 1. The Hall–Kier alpha value is -0.930. The van der Waals surface area contributed by atoms with Crippen LogP contribution in [-0.4, -0.2) is 17.5 Å². The first kappa shape index (κ1) is 14.1. The van der Waals surface area contributed by atoms with Crippen LogP contribution >= 0.6 is 0 Å². The molecule has 0 fully saturated rings. The van der Waals surface area contributed by atoms with Crippen molar-refractivity contribution in [2.45, 2.75) is 46.3 Å². The molecule has 0 saturated heterocycles. The number of nitrogens with zero attached hydrogens (tertiary/aromatic N) is 1. The highest BCUT2D eigenvalue weighted by atomic mass is 19.1. The second kappa shape index (κ2) is 6.72. The Labute approximate surface area is 104 Å². The van der Waals surface area contributed by atoms with E-state index < -0.39 is 0 Å². The molecule has 0 unspecified atom stereocenters. The van der Waals surface area contributed by atoms with Crippen LogP contribution in [0, 0.1) is 5.82 Å². The van der Waals surface area contributed by atoms with Gasteiger partial charge >= 0.3 is 0 Å². The number of rotatable bonds is 6. The van der Waals surface area contributed by atoms with Gasteiger partial charge in [-0.25, -0.2) is 4.39 Å². The Morgan fingerprint density at radius 1 is 1.35 bits per heavy atom. The van der Waals surface area contributed by atoms with E-state index in [4.69, 9.17) is 5.73 Å². The van der Waals surface area contributed by atoms with E-state index in [-0.39, 0.29) is 12.4 Å². The SMILES string of the molecule is CCCN(Cc1ccc(F)c(CN)c1)C(C)C. The maximum Gasteiger partial charge on any atom is 0.127 e. The molecule has 17 heavy (non-hydrogen) atoms.